The molecular formula is C23H19N5S. The van der Waals surface area contributed by atoms with Gasteiger partial charge >= 0.3 is 0 Å². The standard InChI is InChI=1S/C23H19N5S/c1-15-6-8-17(9-7-15)22-21(16-10-12-24-13-11-16)23(28-27-22)29-14-20-25-18-4-2-3-5-19(18)26-20/h2-13H,14H2,1H3,(H,25,26)(H,27,28). The Kier molecular flexibility index (Phi) is 4.62. The van der Waals surface area contributed by atoms with Gasteiger partial charge in [-0.1, -0.05) is 53.7 Å². The Morgan fingerprint density at radius 3 is 2.48 bits per heavy atom. The van der Waals surface area contributed by atoms with Crippen molar-refractivity contribution in [3.05, 3.63) is 84.4 Å². The van der Waals surface area contributed by atoms with Crippen LogP contribution in [0.3, 0.4) is 0 Å². The molecule has 3 aromatic heterocycles. The fourth-order valence-electron chi connectivity index (χ4n) is 3.36. The Labute approximate surface area is 172 Å². The van der Waals surface area contributed by atoms with E-state index in [2.05, 4.69) is 56.3 Å². The molecule has 0 saturated carbocycles. The van der Waals surface area contributed by atoms with Crippen LogP contribution in [0.25, 0.3) is 33.4 Å². The van der Waals surface area contributed by atoms with Gasteiger partial charge in [0.15, 0.2) is 0 Å². The number of aromatic amines is 2. The van der Waals surface area contributed by atoms with E-state index < -0.39 is 0 Å². The Balaban J connectivity index is 1.51. The van der Waals surface area contributed by atoms with Crippen molar-refractivity contribution < 1.29 is 0 Å². The van der Waals surface area contributed by atoms with Gasteiger partial charge in [0.2, 0.25) is 0 Å². The highest BCUT2D eigenvalue weighted by Gasteiger charge is 2.18. The minimum absolute atomic E-state index is 0.713. The first-order chi connectivity index (χ1) is 14.3. The van der Waals surface area contributed by atoms with Gasteiger partial charge in [0.1, 0.15) is 10.9 Å². The van der Waals surface area contributed by atoms with Crippen LogP contribution in [0, 0.1) is 6.92 Å². The van der Waals surface area contributed by atoms with Crippen molar-refractivity contribution in [3.8, 4) is 22.4 Å². The number of para-hydroxylation sites is 2. The van der Waals surface area contributed by atoms with E-state index in [1.165, 1.54) is 5.56 Å². The maximum absolute atomic E-state index is 4.68. The van der Waals surface area contributed by atoms with E-state index in [-0.39, 0.29) is 0 Å². The predicted octanol–water partition coefficient (Wildman–Crippen LogP) is 5.62. The maximum Gasteiger partial charge on any atom is 0.127 e. The van der Waals surface area contributed by atoms with Gasteiger partial charge in [-0.3, -0.25) is 10.1 Å². The molecule has 0 bridgehead atoms. The van der Waals surface area contributed by atoms with Crippen molar-refractivity contribution >= 4 is 22.8 Å². The van der Waals surface area contributed by atoms with Gasteiger partial charge in [-0.25, -0.2) is 4.98 Å². The van der Waals surface area contributed by atoms with Crippen molar-refractivity contribution in [1.82, 2.24) is 25.1 Å². The first-order valence-electron chi connectivity index (χ1n) is 9.40. The van der Waals surface area contributed by atoms with Crippen LogP contribution < -0.4 is 0 Å². The molecule has 0 atom stereocenters. The van der Waals surface area contributed by atoms with E-state index in [1.807, 2.05) is 48.8 Å². The summed E-state index contributed by atoms with van der Waals surface area (Å²) in [6.45, 7) is 2.09. The number of thioether (sulfide) groups is 1. The van der Waals surface area contributed by atoms with Gasteiger partial charge in [-0.05, 0) is 36.8 Å². The summed E-state index contributed by atoms with van der Waals surface area (Å²) >= 11 is 1.67. The second-order valence-corrected chi connectivity index (χ2v) is 7.83. The largest absolute Gasteiger partial charge is 0.341 e. The molecular weight excluding hydrogens is 378 g/mol. The Hall–Kier alpha value is -3.38. The molecule has 142 valence electrons. The Morgan fingerprint density at radius 2 is 1.69 bits per heavy atom. The number of hydrogen-bond donors (Lipinski definition) is 2. The smallest absolute Gasteiger partial charge is 0.127 e. The molecule has 0 aliphatic rings. The van der Waals surface area contributed by atoms with E-state index >= 15 is 0 Å². The topological polar surface area (TPSA) is 70.2 Å². The highest BCUT2D eigenvalue weighted by Crippen LogP contribution is 2.38. The van der Waals surface area contributed by atoms with E-state index in [4.69, 9.17) is 0 Å². The highest BCUT2D eigenvalue weighted by atomic mass is 32.2. The molecule has 0 amide bonds. The Morgan fingerprint density at radius 1 is 0.897 bits per heavy atom. The molecule has 5 rings (SSSR count). The molecule has 0 aliphatic carbocycles. The fraction of sp³-hybridized carbons (Fsp3) is 0.0870. The van der Waals surface area contributed by atoms with Crippen LogP contribution in [0.15, 0.2) is 78.1 Å². The second kappa shape index (κ2) is 7.56. The summed E-state index contributed by atoms with van der Waals surface area (Å²) in [4.78, 5) is 12.2. The molecule has 5 aromatic rings. The normalized spacial score (nSPS) is 11.2. The number of imidazole rings is 1. The first kappa shape index (κ1) is 17.7. The fourth-order valence-corrected chi connectivity index (χ4v) is 4.24. The van der Waals surface area contributed by atoms with Gasteiger partial charge in [0, 0.05) is 23.5 Å². The van der Waals surface area contributed by atoms with E-state index in [9.17, 15) is 0 Å². The lowest BCUT2D eigenvalue weighted by Crippen LogP contribution is -1.87. The zero-order valence-corrected chi connectivity index (χ0v) is 16.7. The second-order valence-electron chi connectivity index (χ2n) is 6.87. The number of pyridine rings is 1. The summed E-state index contributed by atoms with van der Waals surface area (Å²) in [5, 5.41) is 8.84. The number of aryl methyl sites for hydroxylation is 1. The maximum atomic E-state index is 4.68. The third-order valence-corrected chi connectivity index (χ3v) is 5.81. The molecule has 0 radical (unpaired) electrons. The van der Waals surface area contributed by atoms with Crippen LogP contribution in [0.5, 0.6) is 0 Å². The number of H-pyrrole nitrogens is 2. The van der Waals surface area contributed by atoms with Crippen LogP contribution >= 0.6 is 11.8 Å². The molecule has 2 N–H and O–H groups in total. The van der Waals surface area contributed by atoms with Gasteiger partial charge in [0.25, 0.3) is 0 Å². The van der Waals surface area contributed by atoms with Crippen molar-refractivity contribution in [2.24, 2.45) is 0 Å². The van der Waals surface area contributed by atoms with Crippen LogP contribution in [-0.4, -0.2) is 25.1 Å². The number of hydrogen-bond acceptors (Lipinski definition) is 4. The van der Waals surface area contributed by atoms with Crippen LogP contribution in [0.4, 0.5) is 0 Å². The van der Waals surface area contributed by atoms with Crippen molar-refractivity contribution in [2.45, 2.75) is 17.7 Å². The number of benzene rings is 2. The van der Waals surface area contributed by atoms with Crippen LogP contribution in [0.2, 0.25) is 0 Å². The van der Waals surface area contributed by atoms with Crippen molar-refractivity contribution in [2.75, 3.05) is 0 Å². The van der Waals surface area contributed by atoms with E-state index in [0.29, 0.717) is 5.75 Å². The lowest BCUT2D eigenvalue weighted by Gasteiger charge is -2.06. The number of nitrogens with zero attached hydrogens (tertiary/aromatic N) is 3. The van der Waals surface area contributed by atoms with E-state index in [1.54, 1.807) is 11.8 Å². The minimum atomic E-state index is 0.713. The third kappa shape index (κ3) is 3.54. The first-order valence-corrected chi connectivity index (χ1v) is 10.4. The van der Waals surface area contributed by atoms with Crippen LogP contribution in [-0.2, 0) is 5.75 Å². The molecule has 0 spiro atoms. The minimum Gasteiger partial charge on any atom is -0.341 e. The average molecular weight is 398 g/mol. The summed E-state index contributed by atoms with van der Waals surface area (Å²) in [6, 6.07) is 20.6. The average Bonchev–Trinajstić information content (AvgIpc) is 3.37. The number of nitrogens with one attached hydrogen (secondary N) is 2. The molecule has 0 fully saturated rings. The summed E-state index contributed by atoms with van der Waals surface area (Å²) < 4.78 is 0. The molecule has 29 heavy (non-hydrogen) atoms. The lowest BCUT2D eigenvalue weighted by atomic mass is 10.0. The quantitative estimate of drug-likeness (QED) is 0.378. The summed E-state index contributed by atoms with van der Waals surface area (Å²) in [5.41, 5.74) is 7.60. The van der Waals surface area contributed by atoms with Crippen molar-refractivity contribution in [3.63, 3.8) is 0 Å². The Bertz CT molecular complexity index is 1220. The van der Waals surface area contributed by atoms with Gasteiger partial charge in [0.05, 0.1) is 22.5 Å². The van der Waals surface area contributed by atoms with E-state index in [0.717, 1.165) is 44.3 Å². The number of fused-ring (bicyclic) bond motifs is 1. The monoisotopic (exact) mass is 397 g/mol. The molecule has 0 aliphatic heterocycles. The highest BCUT2D eigenvalue weighted by molar-refractivity contribution is 7.98. The summed E-state index contributed by atoms with van der Waals surface area (Å²) in [7, 11) is 0. The third-order valence-electron chi connectivity index (χ3n) is 4.83. The van der Waals surface area contributed by atoms with Crippen molar-refractivity contribution in [1.29, 1.82) is 0 Å². The van der Waals surface area contributed by atoms with Gasteiger partial charge in [-0.15, -0.1) is 0 Å². The molecule has 0 unspecified atom stereocenters. The lowest BCUT2D eigenvalue weighted by molar-refractivity contribution is 1.00. The summed E-state index contributed by atoms with van der Waals surface area (Å²) in [6.07, 6.45) is 3.63. The molecule has 0 saturated heterocycles. The molecule has 6 heteroatoms. The molecule has 5 nitrogen and oxygen atoms in total. The predicted molar refractivity (Wildman–Crippen MR) is 118 cm³/mol. The summed E-state index contributed by atoms with van der Waals surface area (Å²) in [5.74, 6) is 1.65. The molecule has 2 aromatic carbocycles. The number of aromatic nitrogens is 5. The zero-order chi connectivity index (χ0) is 19.6. The SMILES string of the molecule is Cc1ccc(-c2[nH]nc(SCc3nc4ccccc4[nH]3)c2-c2ccncc2)cc1. The van der Waals surface area contributed by atoms with Gasteiger partial charge in [-0.2, -0.15) is 5.10 Å². The number of rotatable bonds is 5. The zero-order valence-electron chi connectivity index (χ0n) is 15.9. The molecule has 3 heterocycles. The van der Waals surface area contributed by atoms with Gasteiger partial charge < -0.3 is 4.98 Å². The van der Waals surface area contributed by atoms with Crippen LogP contribution in [0.1, 0.15) is 11.4 Å².